The predicted molar refractivity (Wildman–Crippen MR) is 69.0 cm³/mol. The van der Waals surface area contributed by atoms with Crippen LogP contribution in [0.15, 0.2) is 24.3 Å². The summed E-state index contributed by atoms with van der Waals surface area (Å²) in [7, 11) is 0. The molecule has 1 aromatic carbocycles. The smallest absolute Gasteiger partial charge is 0.127 e. The van der Waals surface area contributed by atoms with Crippen LogP contribution in [0.25, 0.3) is 0 Å². The lowest BCUT2D eigenvalue weighted by atomic mass is 9.72. The molecule has 0 bridgehead atoms. The van der Waals surface area contributed by atoms with Gasteiger partial charge in [-0.1, -0.05) is 38.5 Å². The van der Waals surface area contributed by atoms with Gasteiger partial charge in [-0.25, -0.2) is 4.39 Å². The highest BCUT2D eigenvalue weighted by molar-refractivity contribution is 5.21. The SMILES string of the molecule is CC1CCC(C(N)c2ccccc2F)CC1C. The number of benzene rings is 1. The third-order valence-electron chi connectivity index (χ3n) is 4.41. The van der Waals surface area contributed by atoms with Gasteiger partial charge in [0.1, 0.15) is 5.82 Å². The lowest BCUT2D eigenvalue weighted by Crippen LogP contribution is -2.29. The Morgan fingerprint density at radius 2 is 1.88 bits per heavy atom. The maximum atomic E-state index is 13.7. The normalized spacial score (nSPS) is 31.2. The number of nitrogens with two attached hydrogens (primary N) is 1. The van der Waals surface area contributed by atoms with Gasteiger partial charge in [0.05, 0.1) is 0 Å². The molecule has 2 rings (SSSR count). The fourth-order valence-corrected chi connectivity index (χ4v) is 2.91. The predicted octanol–water partition coefficient (Wildman–Crippen LogP) is 3.90. The van der Waals surface area contributed by atoms with Crippen molar-refractivity contribution in [2.24, 2.45) is 23.5 Å². The number of hydrogen-bond donors (Lipinski definition) is 1. The average Bonchev–Trinajstić information content (AvgIpc) is 2.32. The van der Waals surface area contributed by atoms with Gasteiger partial charge in [-0.15, -0.1) is 0 Å². The minimum Gasteiger partial charge on any atom is -0.324 e. The second kappa shape index (κ2) is 5.18. The fraction of sp³-hybridized carbons (Fsp3) is 0.600. The van der Waals surface area contributed by atoms with Crippen LogP contribution in [0.4, 0.5) is 4.39 Å². The maximum Gasteiger partial charge on any atom is 0.127 e. The molecule has 4 atom stereocenters. The van der Waals surface area contributed by atoms with Crippen LogP contribution in [-0.4, -0.2) is 0 Å². The molecule has 0 radical (unpaired) electrons. The summed E-state index contributed by atoms with van der Waals surface area (Å²) in [5.74, 6) is 1.75. The lowest BCUT2D eigenvalue weighted by Gasteiger charge is -2.35. The summed E-state index contributed by atoms with van der Waals surface area (Å²) >= 11 is 0. The van der Waals surface area contributed by atoms with E-state index in [1.165, 1.54) is 12.5 Å². The van der Waals surface area contributed by atoms with E-state index in [4.69, 9.17) is 5.73 Å². The highest BCUT2D eigenvalue weighted by Gasteiger charge is 2.29. The van der Waals surface area contributed by atoms with Crippen molar-refractivity contribution in [1.82, 2.24) is 0 Å². The van der Waals surface area contributed by atoms with Gasteiger partial charge < -0.3 is 5.73 Å². The van der Waals surface area contributed by atoms with E-state index in [0.717, 1.165) is 18.8 Å². The lowest BCUT2D eigenvalue weighted by molar-refractivity contribution is 0.184. The Balaban J connectivity index is 2.10. The Morgan fingerprint density at radius 3 is 2.53 bits per heavy atom. The largest absolute Gasteiger partial charge is 0.324 e. The number of halogens is 1. The third-order valence-corrected chi connectivity index (χ3v) is 4.41. The van der Waals surface area contributed by atoms with Gasteiger partial charge in [-0.05, 0) is 36.7 Å². The van der Waals surface area contributed by atoms with E-state index in [-0.39, 0.29) is 11.9 Å². The molecule has 94 valence electrons. The van der Waals surface area contributed by atoms with E-state index in [0.29, 0.717) is 17.4 Å². The highest BCUT2D eigenvalue weighted by atomic mass is 19.1. The molecule has 0 heterocycles. The van der Waals surface area contributed by atoms with Crippen molar-refractivity contribution in [1.29, 1.82) is 0 Å². The van der Waals surface area contributed by atoms with E-state index in [2.05, 4.69) is 13.8 Å². The first-order chi connectivity index (χ1) is 8.09. The molecule has 1 fully saturated rings. The van der Waals surface area contributed by atoms with E-state index < -0.39 is 0 Å². The molecule has 0 amide bonds. The molecule has 0 aromatic heterocycles. The van der Waals surface area contributed by atoms with E-state index >= 15 is 0 Å². The van der Waals surface area contributed by atoms with Crippen molar-refractivity contribution in [2.45, 2.75) is 39.2 Å². The molecule has 0 spiro atoms. The van der Waals surface area contributed by atoms with Crippen molar-refractivity contribution >= 4 is 0 Å². The first kappa shape index (κ1) is 12.6. The Morgan fingerprint density at radius 1 is 1.18 bits per heavy atom. The second-order valence-electron chi connectivity index (χ2n) is 5.57. The molecule has 4 unspecified atom stereocenters. The Hall–Kier alpha value is -0.890. The Kier molecular flexibility index (Phi) is 3.82. The van der Waals surface area contributed by atoms with Crippen LogP contribution in [-0.2, 0) is 0 Å². The summed E-state index contributed by atoms with van der Waals surface area (Å²) in [6.45, 7) is 4.58. The van der Waals surface area contributed by atoms with Crippen LogP contribution >= 0.6 is 0 Å². The van der Waals surface area contributed by atoms with Crippen LogP contribution < -0.4 is 5.73 Å². The van der Waals surface area contributed by atoms with Gasteiger partial charge >= 0.3 is 0 Å². The minimum atomic E-state index is -0.161. The molecule has 17 heavy (non-hydrogen) atoms. The van der Waals surface area contributed by atoms with Crippen LogP contribution in [0, 0.1) is 23.6 Å². The third kappa shape index (κ3) is 2.68. The van der Waals surface area contributed by atoms with Gasteiger partial charge in [0.25, 0.3) is 0 Å². The van der Waals surface area contributed by atoms with Crippen molar-refractivity contribution in [2.75, 3.05) is 0 Å². The summed E-state index contributed by atoms with van der Waals surface area (Å²) in [5, 5.41) is 0. The van der Waals surface area contributed by atoms with Crippen LogP contribution in [0.5, 0.6) is 0 Å². The van der Waals surface area contributed by atoms with Gasteiger partial charge in [-0.2, -0.15) is 0 Å². The van der Waals surface area contributed by atoms with E-state index in [9.17, 15) is 4.39 Å². The summed E-state index contributed by atoms with van der Waals surface area (Å²) in [4.78, 5) is 0. The van der Waals surface area contributed by atoms with Crippen molar-refractivity contribution in [3.63, 3.8) is 0 Å². The Bertz CT molecular complexity index is 377. The first-order valence-electron chi connectivity index (χ1n) is 6.59. The molecular weight excluding hydrogens is 213 g/mol. The van der Waals surface area contributed by atoms with Gasteiger partial charge in [0.2, 0.25) is 0 Å². The summed E-state index contributed by atoms with van der Waals surface area (Å²) in [6.07, 6.45) is 3.46. The summed E-state index contributed by atoms with van der Waals surface area (Å²) in [6, 6.07) is 6.77. The topological polar surface area (TPSA) is 26.0 Å². The number of rotatable bonds is 2. The maximum absolute atomic E-state index is 13.7. The van der Waals surface area contributed by atoms with E-state index in [1.807, 2.05) is 12.1 Å². The molecule has 1 aliphatic rings. The molecular formula is C15H22FN. The molecule has 2 heteroatoms. The average molecular weight is 235 g/mol. The quantitative estimate of drug-likeness (QED) is 0.826. The minimum absolute atomic E-state index is 0.147. The number of hydrogen-bond acceptors (Lipinski definition) is 1. The molecule has 1 nitrogen and oxygen atoms in total. The monoisotopic (exact) mass is 235 g/mol. The van der Waals surface area contributed by atoms with Crippen LogP contribution in [0.2, 0.25) is 0 Å². The van der Waals surface area contributed by atoms with Crippen LogP contribution in [0.3, 0.4) is 0 Å². The van der Waals surface area contributed by atoms with Crippen molar-refractivity contribution < 1.29 is 4.39 Å². The summed E-state index contributed by atoms with van der Waals surface area (Å²) in [5.41, 5.74) is 6.92. The molecule has 0 aliphatic heterocycles. The van der Waals surface area contributed by atoms with Gasteiger partial charge in [-0.3, -0.25) is 0 Å². The fourth-order valence-electron chi connectivity index (χ4n) is 2.91. The molecule has 2 N–H and O–H groups in total. The van der Waals surface area contributed by atoms with Crippen molar-refractivity contribution in [3.05, 3.63) is 35.6 Å². The van der Waals surface area contributed by atoms with Crippen LogP contribution in [0.1, 0.15) is 44.7 Å². The molecule has 1 aliphatic carbocycles. The first-order valence-corrected chi connectivity index (χ1v) is 6.59. The highest BCUT2D eigenvalue weighted by Crippen LogP contribution is 2.39. The van der Waals surface area contributed by atoms with Gasteiger partial charge in [0, 0.05) is 11.6 Å². The van der Waals surface area contributed by atoms with Crippen molar-refractivity contribution in [3.8, 4) is 0 Å². The molecule has 1 aromatic rings. The standard InChI is InChI=1S/C15H22FN/c1-10-7-8-12(9-11(10)2)15(17)13-5-3-4-6-14(13)16/h3-6,10-12,15H,7-9,17H2,1-2H3. The zero-order valence-electron chi connectivity index (χ0n) is 10.7. The molecule has 1 saturated carbocycles. The summed E-state index contributed by atoms with van der Waals surface area (Å²) < 4.78 is 13.7. The zero-order valence-corrected chi connectivity index (χ0v) is 10.7. The Labute approximate surface area is 103 Å². The zero-order chi connectivity index (χ0) is 12.4. The second-order valence-corrected chi connectivity index (χ2v) is 5.57. The molecule has 0 saturated heterocycles. The van der Waals surface area contributed by atoms with Gasteiger partial charge in [0.15, 0.2) is 0 Å². The van der Waals surface area contributed by atoms with E-state index in [1.54, 1.807) is 6.07 Å².